The molecule has 1 aliphatic heterocycles. The number of nitrogens with zero attached hydrogens (tertiary/aromatic N) is 2. The van der Waals surface area contributed by atoms with Crippen LogP contribution in [0.4, 0.5) is 4.79 Å². The zero-order chi connectivity index (χ0) is 36.1. The van der Waals surface area contributed by atoms with E-state index in [4.69, 9.17) is 5.73 Å². The van der Waals surface area contributed by atoms with Crippen molar-refractivity contribution in [2.45, 2.75) is 103 Å². The van der Waals surface area contributed by atoms with Crippen LogP contribution in [-0.2, 0) is 29.2 Å². The van der Waals surface area contributed by atoms with Gasteiger partial charge in [0, 0.05) is 26.2 Å². The zero-order valence-corrected chi connectivity index (χ0v) is 30.3. The number of carbonyl (C=O) groups is 5. The van der Waals surface area contributed by atoms with Crippen LogP contribution in [0.2, 0.25) is 0 Å². The molecule has 1 aliphatic carbocycles. The number of benzene rings is 1. The fourth-order valence-corrected chi connectivity index (χ4v) is 7.39. The van der Waals surface area contributed by atoms with E-state index in [1.165, 1.54) is 28.4 Å². The van der Waals surface area contributed by atoms with Gasteiger partial charge in [-0.15, -0.1) is 0 Å². The first-order valence-corrected chi connectivity index (χ1v) is 18.2. The SMILES string of the molecule is CC(C)[C@H]1CCN(C(=O)[C@@H](NC(=O)N[C@H](CN(C)S(=O)(=O)c2ccccc2)C(C)C)C(C)(C)C)[C@@H]1C(=O)NC(CC1CC1)C(=O)C(N)=O. The first-order chi connectivity index (χ1) is 22.2. The molecule has 2 aliphatic rings. The minimum Gasteiger partial charge on any atom is -0.363 e. The molecular formula is C34H54N6O7S. The number of likely N-dealkylation sites (tertiary alicyclic amines) is 1. The van der Waals surface area contributed by atoms with E-state index in [-0.39, 0.29) is 41.7 Å². The second-order valence-corrected chi connectivity index (χ2v) is 17.1. The first kappa shape index (κ1) is 38.9. The topological polar surface area (TPSA) is 188 Å². The predicted octanol–water partition coefficient (Wildman–Crippen LogP) is 2.26. The van der Waals surface area contributed by atoms with Crippen LogP contribution in [0.1, 0.15) is 74.1 Å². The van der Waals surface area contributed by atoms with Crippen molar-refractivity contribution in [1.82, 2.24) is 25.2 Å². The highest BCUT2D eigenvalue weighted by atomic mass is 32.2. The number of urea groups is 1. The number of rotatable bonds is 15. The Morgan fingerprint density at radius 3 is 2.06 bits per heavy atom. The van der Waals surface area contributed by atoms with Crippen LogP contribution in [0.25, 0.3) is 0 Å². The van der Waals surface area contributed by atoms with Crippen molar-refractivity contribution in [3.8, 4) is 0 Å². The summed E-state index contributed by atoms with van der Waals surface area (Å²) in [4.78, 5) is 67.6. The van der Waals surface area contributed by atoms with Gasteiger partial charge in [0.2, 0.25) is 27.6 Å². The van der Waals surface area contributed by atoms with Crippen LogP contribution < -0.4 is 21.7 Å². The molecule has 13 nitrogen and oxygen atoms in total. The molecule has 0 bridgehead atoms. The van der Waals surface area contributed by atoms with E-state index in [2.05, 4.69) is 16.0 Å². The molecule has 1 aromatic carbocycles. The van der Waals surface area contributed by atoms with Gasteiger partial charge in [-0.1, -0.05) is 79.5 Å². The number of ketones is 1. The summed E-state index contributed by atoms with van der Waals surface area (Å²) in [6.07, 6.45) is 2.66. The van der Waals surface area contributed by atoms with E-state index < -0.39 is 69.1 Å². The normalized spacial score (nSPS) is 20.4. The second-order valence-electron chi connectivity index (χ2n) is 15.0. The molecule has 1 aromatic rings. The van der Waals surface area contributed by atoms with Gasteiger partial charge in [0.05, 0.1) is 10.9 Å². The second kappa shape index (κ2) is 15.8. The van der Waals surface area contributed by atoms with E-state index in [0.717, 1.165) is 12.8 Å². The number of carbonyl (C=O) groups excluding carboxylic acids is 5. The summed E-state index contributed by atoms with van der Waals surface area (Å²) in [5, 5.41) is 8.43. The molecule has 5 amide bonds. The zero-order valence-electron chi connectivity index (χ0n) is 29.5. The maximum Gasteiger partial charge on any atom is 0.315 e. The molecule has 5 atom stereocenters. The van der Waals surface area contributed by atoms with Gasteiger partial charge >= 0.3 is 6.03 Å². The molecule has 1 saturated heterocycles. The van der Waals surface area contributed by atoms with E-state index >= 15 is 0 Å². The van der Waals surface area contributed by atoms with Gasteiger partial charge < -0.3 is 26.6 Å². The van der Waals surface area contributed by atoms with Gasteiger partial charge in [0.15, 0.2) is 0 Å². The molecule has 14 heteroatoms. The van der Waals surface area contributed by atoms with Gasteiger partial charge in [-0.05, 0) is 54.1 Å². The minimum atomic E-state index is -3.81. The van der Waals surface area contributed by atoms with E-state index in [0.29, 0.717) is 12.8 Å². The monoisotopic (exact) mass is 690 g/mol. The number of hydrogen-bond donors (Lipinski definition) is 4. The number of Topliss-reactive ketones (excluding diaryl/α,β-unsaturated/α-hetero) is 1. The highest BCUT2D eigenvalue weighted by Crippen LogP contribution is 2.35. The Kier molecular flexibility index (Phi) is 12.8. The Balaban J connectivity index is 1.80. The number of amides is 5. The van der Waals surface area contributed by atoms with E-state index in [9.17, 15) is 32.4 Å². The summed E-state index contributed by atoms with van der Waals surface area (Å²) in [5.74, 6) is -3.09. The number of nitrogens with two attached hydrogens (primary N) is 1. The summed E-state index contributed by atoms with van der Waals surface area (Å²) in [5.41, 5.74) is 4.52. The molecule has 0 radical (unpaired) electrons. The van der Waals surface area contributed by atoms with Crippen LogP contribution >= 0.6 is 0 Å². The van der Waals surface area contributed by atoms with Gasteiger partial charge in [0.25, 0.3) is 5.91 Å². The van der Waals surface area contributed by atoms with Crippen molar-refractivity contribution >= 4 is 39.6 Å². The van der Waals surface area contributed by atoms with E-state index in [1.807, 2.05) is 27.7 Å². The van der Waals surface area contributed by atoms with Gasteiger partial charge in [-0.3, -0.25) is 19.2 Å². The summed E-state index contributed by atoms with van der Waals surface area (Å²) >= 11 is 0. The Morgan fingerprint density at radius 2 is 1.56 bits per heavy atom. The molecule has 3 rings (SSSR count). The molecule has 0 aromatic heterocycles. The Bertz CT molecular complexity index is 1440. The maximum atomic E-state index is 14.3. The smallest absolute Gasteiger partial charge is 0.315 e. The highest BCUT2D eigenvalue weighted by Gasteiger charge is 2.48. The third-order valence-electron chi connectivity index (χ3n) is 9.41. The van der Waals surface area contributed by atoms with Crippen molar-refractivity contribution in [2.24, 2.45) is 34.8 Å². The predicted molar refractivity (Wildman–Crippen MR) is 182 cm³/mol. The Morgan fingerprint density at radius 1 is 0.958 bits per heavy atom. The number of likely N-dealkylation sites (N-methyl/N-ethyl adjacent to an activating group) is 1. The molecule has 1 heterocycles. The highest BCUT2D eigenvalue weighted by molar-refractivity contribution is 7.89. The number of sulfonamides is 1. The number of nitrogens with one attached hydrogen (secondary N) is 3. The molecule has 1 saturated carbocycles. The first-order valence-electron chi connectivity index (χ1n) is 16.8. The largest absolute Gasteiger partial charge is 0.363 e. The van der Waals surface area contributed by atoms with Crippen LogP contribution in [0.3, 0.4) is 0 Å². The average molecular weight is 691 g/mol. The lowest BCUT2D eigenvalue weighted by atomic mass is 9.84. The summed E-state index contributed by atoms with van der Waals surface area (Å²) in [7, 11) is -2.35. The Labute approximate surface area is 285 Å². The lowest BCUT2D eigenvalue weighted by Crippen LogP contribution is -2.62. The fraction of sp³-hybridized carbons (Fsp3) is 0.676. The van der Waals surface area contributed by atoms with Crippen LogP contribution in [0.15, 0.2) is 35.2 Å². The number of hydrogen-bond acceptors (Lipinski definition) is 7. The van der Waals surface area contributed by atoms with Crippen molar-refractivity contribution in [3.63, 3.8) is 0 Å². The van der Waals surface area contributed by atoms with Gasteiger partial charge in [0.1, 0.15) is 12.1 Å². The lowest BCUT2D eigenvalue weighted by Gasteiger charge is -2.37. The van der Waals surface area contributed by atoms with Crippen molar-refractivity contribution < 1.29 is 32.4 Å². The fourth-order valence-electron chi connectivity index (χ4n) is 6.17. The molecule has 5 N–H and O–H groups in total. The van der Waals surface area contributed by atoms with Crippen LogP contribution in [-0.4, -0.2) is 91.5 Å². The van der Waals surface area contributed by atoms with Crippen LogP contribution in [0.5, 0.6) is 0 Å². The molecule has 48 heavy (non-hydrogen) atoms. The summed E-state index contributed by atoms with van der Waals surface area (Å²) in [6.45, 7) is 13.3. The van der Waals surface area contributed by atoms with Gasteiger partial charge in [-0.2, -0.15) is 4.31 Å². The minimum absolute atomic E-state index is 0.00701. The van der Waals surface area contributed by atoms with Gasteiger partial charge in [-0.25, -0.2) is 13.2 Å². The van der Waals surface area contributed by atoms with Crippen molar-refractivity contribution in [1.29, 1.82) is 0 Å². The van der Waals surface area contributed by atoms with E-state index in [1.54, 1.807) is 39.0 Å². The summed E-state index contributed by atoms with van der Waals surface area (Å²) < 4.78 is 27.5. The quantitative estimate of drug-likeness (QED) is 0.203. The van der Waals surface area contributed by atoms with Crippen molar-refractivity contribution in [2.75, 3.05) is 20.1 Å². The Hall–Kier alpha value is -3.52. The van der Waals surface area contributed by atoms with Crippen LogP contribution in [0, 0.1) is 29.1 Å². The third-order valence-corrected chi connectivity index (χ3v) is 11.2. The molecular weight excluding hydrogens is 636 g/mol. The molecule has 0 spiro atoms. The number of primary amides is 1. The third kappa shape index (κ3) is 9.77. The molecule has 268 valence electrons. The standard InChI is InChI=1S/C34H54N6O7S/c1-20(2)24-16-17-40(27(24)31(43)36-25(18-22-14-15-22)28(41)30(35)42)32(44)29(34(5,6)7)38-33(45)37-26(21(3)4)19-39(8)48(46,47)23-12-10-9-11-13-23/h9-13,20-22,24-27,29H,14-19H2,1-8H3,(H2,35,42)(H,36,43)(H2,37,38,45)/t24-,25?,26-,27+,29-/m1/s1. The van der Waals surface area contributed by atoms with Crippen molar-refractivity contribution in [3.05, 3.63) is 30.3 Å². The molecule has 2 fully saturated rings. The maximum absolute atomic E-state index is 14.3. The molecule has 1 unspecified atom stereocenters. The summed E-state index contributed by atoms with van der Waals surface area (Å²) in [6, 6.07) is 3.75. The average Bonchev–Trinajstić information content (AvgIpc) is 3.70. The lowest BCUT2D eigenvalue weighted by molar-refractivity contribution is -0.144.